The molecule has 0 atom stereocenters. The van der Waals surface area contributed by atoms with E-state index in [2.05, 4.69) is 5.32 Å². The van der Waals surface area contributed by atoms with Crippen molar-refractivity contribution < 1.29 is 4.79 Å². The largest absolute Gasteiger partial charge is 0.322 e. The van der Waals surface area contributed by atoms with Crippen LogP contribution in [-0.2, 0) is 5.88 Å². The van der Waals surface area contributed by atoms with E-state index in [1.807, 2.05) is 12.1 Å². The summed E-state index contributed by atoms with van der Waals surface area (Å²) < 4.78 is 0. The fraction of sp³-hybridized carbons (Fsp3) is 0.0667. The number of rotatable bonds is 3. The fourth-order valence-electron chi connectivity index (χ4n) is 1.67. The predicted molar refractivity (Wildman–Crippen MR) is 75.1 cm³/mol. The summed E-state index contributed by atoms with van der Waals surface area (Å²) in [5.41, 5.74) is 2.54. The normalized spacial score (nSPS) is 9.68. The van der Waals surface area contributed by atoms with Crippen molar-refractivity contribution in [2.24, 2.45) is 0 Å². The van der Waals surface area contributed by atoms with Gasteiger partial charge >= 0.3 is 0 Å². The molecule has 0 fully saturated rings. The Hall–Kier alpha value is -2.31. The molecule has 0 unspecified atom stereocenters. The van der Waals surface area contributed by atoms with Gasteiger partial charge in [0.1, 0.15) is 0 Å². The summed E-state index contributed by atoms with van der Waals surface area (Å²) in [7, 11) is 0. The lowest BCUT2D eigenvalue weighted by molar-refractivity contribution is 0.102. The SMILES string of the molecule is N#Cc1cccc(NC(=O)c2cccc(CCl)c2)c1. The number of nitriles is 1. The third-order valence-corrected chi connectivity index (χ3v) is 2.90. The van der Waals surface area contributed by atoms with Crippen LogP contribution in [0.5, 0.6) is 0 Å². The molecular formula is C15H11ClN2O. The number of halogens is 1. The van der Waals surface area contributed by atoms with Gasteiger partial charge in [-0.05, 0) is 35.9 Å². The molecule has 0 spiro atoms. The van der Waals surface area contributed by atoms with E-state index >= 15 is 0 Å². The molecule has 0 heterocycles. The molecule has 1 N–H and O–H groups in total. The van der Waals surface area contributed by atoms with Crippen LogP contribution in [0.25, 0.3) is 0 Å². The van der Waals surface area contributed by atoms with Crippen LogP contribution in [-0.4, -0.2) is 5.91 Å². The zero-order valence-corrected chi connectivity index (χ0v) is 10.8. The Balaban J connectivity index is 2.18. The van der Waals surface area contributed by atoms with Gasteiger partial charge in [0.15, 0.2) is 0 Å². The van der Waals surface area contributed by atoms with Crippen molar-refractivity contribution in [2.45, 2.75) is 5.88 Å². The first-order chi connectivity index (χ1) is 9.22. The highest BCUT2D eigenvalue weighted by molar-refractivity contribution is 6.17. The van der Waals surface area contributed by atoms with Gasteiger partial charge in [0.05, 0.1) is 11.6 Å². The van der Waals surface area contributed by atoms with Gasteiger partial charge in [-0.3, -0.25) is 4.79 Å². The monoisotopic (exact) mass is 270 g/mol. The van der Waals surface area contributed by atoms with Crippen molar-refractivity contribution in [3.05, 3.63) is 65.2 Å². The molecule has 2 aromatic carbocycles. The summed E-state index contributed by atoms with van der Waals surface area (Å²) in [5.74, 6) is 0.146. The first-order valence-corrected chi connectivity index (χ1v) is 6.23. The van der Waals surface area contributed by atoms with Crippen LogP contribution in [0.15, 0.2) is 48.5 Å². The number of amides is 1. The summed E-state index contributed by atoms with van der Waals surface area (Å²) >= 11 is 5.74. The molecule has 0 aliphatic heterocycles. The molecule has 2 rings (SSSR count). The molecule has 1 amide bonds. The number of benzene rings is 2. The smallest absolute Gasteiger partial charge is 0.255 e. The van der Waals surface area contributed by atoms with Gasteiger partial charge in [0.2, 0.25) is 0 Å². The topological polar surface area (TPSA) is 52.9 Å². The van der Waals surface area contributed by atoms with E-state index in [0.717, 1.165) is 5.56 Å². The maximum Gasteiger partial charge on any atom is 0.255 e. The molecule has 0 aliphatic rings. The molecule has 19 heavy (non-hydrogen) atoms. The Labute approximate surface area is 116 Å². The van der Waals surface area contributed by atoms with E-state index in [4.69, 9.17) is 16.9 Å². The van der Waals surface area contributed by atoms with Crippen LogP contribution in [0, 0.1) is 11.3 Å². The number of anilines is 1. The maximum absolute atomic E-state index is 12.0. The number of nitrogens with zero attached hydrogens (tertiary/aromatic N) is 1. The van der Waals surface area contributed by atoms with Crippen LogP contribution in [0.2, 0.25) is 0 Å². The minimum absolute atomic E-state index is 0.220. The lowest BCUT2D eigenvalue weighted by Gasteiger charge is -2.06. The molecule has 2 aromatic rings. The van der Waals surface area contributed by atoms with E-state index in [9.17, 15) is 4.79 Å². The molecule has 3 nitrogen and oxygen atoms in total. The zero-order chi connectivity index (χ0) is 13.7. The molecule has 4 heteroatoms. The van der Waals surface area contributed by atoms with Crippen molar-refractivity contribution in [2.75, 3.05) is 5.32 Å². The van der Waals surface area contributed by atoms with Gasteiger partial charge in [0.25, 0.3) is 5.91 Å². The van der Waals surface area contributed by atoms with E-state index in [1.54, 1.807) is 42.5 Å². The average Bonchev–Trinajstić information content (AvgIpc) is 2.47. The minimum atomic E-state index is -0.220. The van der Waals surface area contributed by atoms with Crippen LogP contribution in [0.3, 0.4) is 0 Å². The Morgan fingerprint density at radius 2 is 2.00 bits per heavy atom. The van der Waals surface area contributed by atoms with Gasteiger partial charge < -0.3 is 5.32 Å². The average molecular weight is 271 g/mol. The first-order valence-electron chi connectivity index (χ1n) is 5.69. The highest BCUT2D eigenvalue weighted by Gasteiger charge is 2.06. The van der Waals surface area contributed by atoms with E-state index in [1.165, 1.54) is 0 Å². The highest BCUT2D eigenvalue weighted by atomic mass is 35.5. The minimum Gasteiger partial charge on any atom is -0.322 e. The summed E-state index contributed by atoms with van der Waals surface area (Å²) in [4.78, 5) is 12.0. The molecule has 0 bridgehead atoms. The lowest BCUT2D eigenvalue weighted by atomic mass is 10.1. The highest BCUT2D eigenvalue weighted by Crippen LogP contribution is 2.13. The molecule has 0 aromatic heterocycles. The number of nitrogens with one attached hydrogen (secondary N) is 1. The quantitative estimate of drug-likeness (QED) is 0.867. The maximum atomic E-state index is 12.0. The number of alkyl halides is 1. The third-order valence-electron chi connectivity index (χ3n) is 2.59. The van der Waals surface area contributed by atoms with Crippen molar-refractivity contribution in [1.82, 2.24) is 0 Å². The van der Waals surface area contributed by atoms with Gasteiger partial charge in [-0.1, -0.05) is 18.2 Å². The second-order valence-corrected chi connectivity index (χ2v) is 4.25. The zero-order valence-electron chi connectivity index (χ0n) is 10.1. The second kappa shape index (κ2) is 6.03. The fourth-order valence-corrected chi connectivity index (χ4v) is 1.83. The van der Waals surface area contributed by atoms with Crippen molar-refractivity contribution in [3.63, 3.8) is 0 Å². The Morgan fingerprint density at radius 3 is 2.74 bits per heavy atom. The standard InChI is InChI=1S/C15H11ClN2O/c16-9-11-3-1-5-13(7-11)15(19)18-14-6-2-4-12(8-14)10-17/h1-8H,9H2,(H,18,19). The molecule has 0 aliphatic carbocycles. The van der Waals surface area contributed by atoms with Crippen molar-refractivity contribution in [3.8, 4) is 6.07 Å². The lowest BCUT2D eigenvalue weighted by Crippen LogP contribution is -2.12. The van der Waals surface area contributed by atoms with Crippen LogP contribution in [0.1, 0.15) is 21.5 Å². The van der Waals surface area contributed by atoms with Gasteiger partial charge in [-0.25, -0.2) is 0 Å². The summed E-state index contributed by atoms with van der Waals surface area (Å²) in [6.07, 6.45) is 0. The number of carbonyl (C=O) groups excluding carboxylic acids is 1. The summed E-state index contributed by atoms with van der Waals surface area (Å²) in [5, 5.41) is 11.6. The Bertz CT molecular complexity index is 647. The number of hydrogen-bond acceptors (Lipinski definition) is 2. The second-order valence-electron chi connectivity index (χ2n) is 3.98. The van der Waals surface area contributed by atoms with Crippen LogP contribution < -0.4 is 5.32 Å². The van der Waals surface area contributed by atoms with Crippen LogP contribution >= 0.6 is 11.6 Å². The number of carbonyl (C=O) groups is 1. The molecule has 0 radical (unpaired) electrons. The summed E-state index contributed by atoms with van der Waals surface area (Å²) in [6, 6.07) is 15.9. The van der Waals surface area contributed by atoms with Gasteiger partial charge in [-0.2, -0.15) is 5.26 Å². The predicted octanol–water partition coefficient (Wildman–Crippen LogP) is 3.55. The summed E-state index contributed by atoms with van der Waals surface area (Å²) in [6.45, 7) is 0. The number of hydrogen-bond donors (Lipinski definition) is 1. The third kappa shape index (κ3) is 3.34. The van der Waals surface area contributed by atoms with E-state index in [0.29, 0.717) is 22.7 Å². The first kappa shape index (κ1) is 13.1. The molecule has 0 saturated heterocycles. The van der Waals surface area contributed by atoms with E-state index in [-0.39, 0.29) is 5.91 Å². The van der Waals surface area contributed by atoms with Crippen molar-refractivity contribution in [1.29, 1.82) is 5.26 Å². The Morgan fingerprint density at radius 1 is 1.21 bits per heavy atom. The van der Waals surface area contributed by atoms with Gasteiger partial charge in [0, 0.05) is 17.1 Å². The van der Waals surface area contributed by atoms with E-state index < -0.39 is 0 Å². The molecule has 0 saturated carbocycles. The van der Waals surface area contributed by atoms with Gasteiger partial charge in [-0.15, -0.1) is 11.6 Å². The molecule has 94 valence electrons. The van der Waals surface area contributed by atoms with Crippen LogP contribution in [0.4, 0.5) is 5.69 Å². The molecular weight excluding hydrogens is 260 g/mol. The Kier molecular flexibility index (Phi) is 4.17. The van der Waals surface area contributed by atoms with Crippen molar-refractivity contribution >= 4 is 23.2 Å².